The minimum absolute atomic E-state index is 0.0564. The molecule has 2 aliphatic rings. The Morgan fingerprint density at radius 3 is 2.64 bits per heavy atom. The first-order valence-corrected chi connectivity index (χ1v) is 13.1. The van der Waals surface area contributed by atoms with Crippen molar-refractivity contribution in [2.45, 2.75) is 29.7 Å². The van der Waals surface area contributed by atoms with E-state index < -0.39 is 34.8 Å². The van der Waals surface area contributed by atoms with Gasteiger partial charge in [-0.2, -0.15) is 0 Å². The molecule has 3 amide bonds. The lowest BCUT2D eigenvalue weighted by atomic mass is 9.83. The van der Waals surface area contributed by atoms with Crippen LogP contribution in [0.3, 0.4) is 0 Å². The zero-order chi connectivity index (χ0) is 25.6. The Balaban J connectivity index is 1.54. The Labute approximate surface area is 218 Å². The van der Waals surface area contributed by atoms with E-state index in [9.17, 15) is 24.3 Å². The third-order valence-electron chi connectivity index (χ3n) is 5.96. The summed E-state index contributed by atoms with van der Waals surface area (Å²) in [4.78, 5) is 51.5. The van der Waals surface area contributed by atoms with Crippen LogP contribution in [0.4, 0.5) is 5.69 Å². The molecule has 3 heterocycles. The third-order valence-corrected chi connectivity index (χ3v) is 8.83. The molecule has 0 radical (unpaired) electrons. The summed E-state index contributed by atoms with van der Waals surface area (Å²) in [7, 11) is 0. The summed E-state index contributed by atoms with van der Waals surface area (Å²) in [5.74, 6) is -2.48. The molecule has 0 spiro atoms. The molecule has 2 aromatic carbocycles. The fourth-order valence-corrected chi connectivity index (χ4v) is 7.27. The zero-order valence-corrected chi connectivity index (χ0v) is 21.2. The van der Waals surface area contributed by atoms with Gasteiger partial charge in [-0.3, -0.25) is 29.1 Å². The number of carbonyl (C=O) groups excluding carboxylic acids is 3. The normalized spacial score (nSPS) is 20.4. The van der Waals surface area contributed by atoms with E-state index in [0.717, 1.165) is 23.1 Å². The second-order valence-electron chi connectivity index (χ2n) is 8.23. The van der Waals surface area contributed by atoms with Gasteiger partial charge in [-0.1, -0.05) is 40.8 Å². The smallest absolute Gasteiger partial charge is 0.308 e. The second-order valence-corrected chi connectivity index (χ2v) is 10.8. The first-order chi connectivity index (χ1) is 17.3. The van der Waals surface area contributed by atoms with Gasteiger partial charge in [0.2, 0.25) is 17.7 Å². The van der Waals surface area contributed by atoms with Crippen LogP contribution in [-0.4, -0.2) is 39.3 Å². The fourth-order valence-electron chi connectivity index (χ4n) is 4.41. The van der Waals surface area contributed by atoms with E-state index in [1.54, 1.807) is 43.3 Å². The molecule has 1 fully saturated rings. The van der Waals surface area contributed by atoms with Crippen molar-refractivity contribution in [3.63, 3.8) is 0 Å². The van der Waals surface area contributed by atoms with Crippen LogP contribution >= 0.6 is 34.7 Å². The topological polar surface area (TPSA) is 127 Å². The molecule has 9 nitrogen and oxygen atoms in total. The maximum atomic E-state index is 13.0. The Morgan fingerprint density at radius 1 is 1.17 bits per heavy atom. The first-order valence-electron chi connectivity index (χ1n) is 11.0. The zero-order valence-electron chi connectivity index (χ0n) is 18.8. The minimum Gasteiger partial charge on any atom is -0.504 e. The Kier molecular flexibility index (Phi) is 6.54. The van der Waals surface area contributed by atoms with Crippen LogP contribution < -0.4 is 20.2 Å². The summed E-state index contributed by atoms with van der Waals surface area (Å²) < 4.78 is 6.85. The molecule has 1 aromatic heterocycles. The van der Waals surface area contributed by atoms with Gasteiger partial charge in [0.05, 0.1) is 17.6 Å². The van der Waals surface area contributed by atoms with Gasteiger partial charge in [-0.15, -0.1) is 0 Å². The van der Waals surface area contributed by atoms with Crippen molar-refractivity contribution in [1.82, 2.24) is 9.88 Å². The summed E-state index contributed by atoms with van der Waals surface area (Å²) in [6.07, 6.45) is 0. The third kappa shape index (κ3) is 4.38. The van der Waals surface area contributed by atoms with Gasteiger partial charge in [-0.25, -0.2) is 0 Å². The van der Waals surface area contributed by atoms with Crippen LogP contribution in [0, 0.1) is 5.92 Å². The summed E-state index contributed by atoms with van der Waals surface area (Å²) in [6, 6.07) is 11.3. The maximum Gasteiger partial charge on any atom is 0.308 e. The number of benzene rings is 2. The van der Waals surface area contributed by atoms with Crippen molar-refractivity contribution in [2.75, 3.05) is 11.9 Å². The summed E-state index contributed by atoms with van der Waals surface area (Å²) >= 11 is 7.95. The van der Waals surface area contributed by atoms with E-state index in [0.29, 0.717) is 32.8 Å². The number of rotatable bonds is 6. The lowest BCUT2D eigenvalue weighted by Gasteiger charge is -2.31. The van der Waals surface area contributed by atoms with Gasteiger partial charge < -0.3 is 15.2 Å². The number of ether oxygens (including phenoxy) is 1. The number of thioether (sulfide) groups is 1. The SMILES string of the molecule is CCOc1cc([C@@H]2c3sc(=O)n(CC(=O)Nc4ccc(Cl)cc4)c3S[C@@H]3C(=O)NC(=O)[C@H]23)ccc1O. The number of hydrogen-bond donors (Lipinski definition) is 3. The molecule has 2 aliphatic heterocycles. The number of carbonyl (C=O) groups is 3. The number of nitrogens with zero attached hydrogens (tertiary/aromatic N) is 1. The molecule has 0 aliphatic carbocycles. The van der Waals surface area contributed by atoms with Crippen molar-refractivity contribution in [3.8, 4) is 11.5 Å². The van der Waals surface area contributed by atoms with Crippen LogP contribution in [0.25, 0.3) is 0 Å². The number of phenolic OH excluding ortho intramolecular Hbond substituents is 1. The van der Waals surface area contributed by atoms with Crippen molar-refractivity contribution in [3.05, 3.63) is 67.6 Å². The van der Waals surface area contributed by atoms with E-state index in [-0.39, 0.29) is 22.9 Å². The number of thiazole rings is 1. The maximum absolute atomic E-state index is 13.0. The van der Waals surface area contributed by atoms with Crippen LogP contribution in [0.15, 0.2) is 52.3 Å². The molecule has 36 heavy (non-hydrogen) atoms. The standard InChI is InChI=1S/C24H20ClN3O6S2/c1-2-34-15-9-11(3-8-14(15)29)17-18-19(22(32)27-21(18)31)35-23-20(17)36-24(33)28(23)10-16(30)26-13-6-4-12(25)5-7-13/h3-9,17-19,29H,2,10H2,1H3,(H,26,30)(H,27,31,32)/t17-,18+,19-/m0/s1. The highest BCUT2D eigenvalue weighted by atomic mass is 35.5. The summed E-state index contributed by atoms with van der Waals surface area (Å²) in [5, 5.41) is 15.5. The molecule has 0 unspecified atom stereocenters. The Bertz CT molecular complexity index is 1430. The van der Waals surface area contributed by atoms with Crippen molar-refractivity contribution in [1.29, 1.82) is 0 Å². The molecule has 0 bridgehead atoms. The van der Waals surface area contributed by atoms with Gasteiger partial charge in [0.15, 0.2) is 11.5 Å². The second kappa shape index (κ2) is 9.64. The number of halogens is 1. The largest absolute Gasteiger partial charge is 0.504 e. The first kappa shape index (κ1) is 24.4. The molecule has 12 heteroatoms. The number of hydrogen-bond acceptors (Lipinski definition) is 8. The van der Waals surface area contributed by atoms with Gasteiger partial charge in [0.25, 0.3) is 0 Å². The van der Waals surface area contributed by atoms with Crippen LogP contribution in [-0.2, 0) is 20.9 Å². The molecule has 3 atom stereocenters. The Hall–Kier alpha value is -3.28. The Morgan fingerprint density at radius 2 is 1.92 bits per heavy atom. The molecular weight excluding hydrogens is 526 g/mol. The van der Waals surface area contributed by atoms with Crippen LogP contribution in [0.5, 0.6) is 11.5 Å². The highest BCUT2D eigenvalue weighted by Gasteiger charge is 2.53. The highest BCUT2D eigenvalue weighted by molar-refractivity contribution is 8.00. The number of phenols is 1. The van der Waals surface area contributed by atoms with Crippen LogP contribution in [0.1, 0.15) is 23.3 Å². The number of aromatic hydroxyl groups is 1. The van der Waals surface area contributed by atoms with Crippen molar-refractivity contribution < 1.29 is 24.2 Å². The van der Waals surface area contributed by atoms with E-state index >= 15 is 0 Å². The number of fused-ring (bicyclic) bond motifs is 2. The van der Waals surface area contributed by atoms with E-state index in [1.165, 1.54) is 10.6 Å². The van der Waals surface area contributed by atoms with Gasteiger partial charge in [0, 0.05) is 21.5 Å². The summed E-state index contributed by atoms with van der Waals surface area (Å²) in [6.45, 7) is 1.83. The summed E-state index contributed by atoms with van der Waals surface area (Å²) in [5.41, 5.74) is 1.15. The van der Waals surface area contributed by atoms with Crippen LogP contribution in [0.2, 0.25) is 5.02 Å². The van der Waals surface area contributed by atoms with E-state index in [2.05, 4.69) is 10.6 Å². The minimum atomic E-state index is -0.765. The number of aromatic nitrogens is 1. The van der Waals surface area contributed by atoms with Gasteiger partial charge in [0.1, 0.15) is 11.8 Å². The number of nitrogens with one attached hydrogen (secondary N) is 2. The highest BCUT2D eigenvalue weighted by Crippen LogP contribution is 2.52. The monoisotopic (exact) mass is 545 g/mol. The van der Waals surface area contributed by atoms with Crippen molar-refractivity contribution >= 4 is 58.1 Å². The van der Waals surface area contributed by atoms with Crippen molar-refractivity contribution in [2.24, 2.45) is 5.92 Å². The quantitative estimate of drug-likeness (QED) is 0.406. The molecule has 186 valence electrons. The molecule has 3 N–H and O–H groups in total. The number of anilines is 1. The average Bonchev–Trinajstić information content (AvgIpc) is 3.30. The fraction of sp³-hybridized carbons (Fsp3) is 0.250. The average molecular weight is 546 g/mol. The molecule has 3 aromatic rings. The van der Waals surface area contributed by atoms with E-state index in [4.69, 9.17) is 16.3 Å². The van der Waals surface area contributed by atoms with Gasteiger partial charge >= 0.3 is 4.87 Å². The molecule has 0 saturated carbocycles. The lowest BCUT2D eigenvalue weighted by molar-refractivity contribution is -0.126. The predicted molar refractivity (Wildman–Crippen MR) is 136 cm³/mol. The number of amides is 3. The predicted octanol–water partition coefficient (Wildman–Crippen LogP) is 3.19. The van der Waals surface area contributed by atoms with Gasteiger partial charge in [-0.05, 0) is 48.9 Å². The molecular formula is C24H20ClN3O6S2. The lowest BCUT2D eigenvalue weighted by Crippen LogP contribution is -2.32. The number of imide groups is 1. The molecule has 5 rings (SSSR count). The molecule has 1 saturated heterocycles. The van der Waals surface area contributed by atoms with E-state index in [1.807, 2.05) is 0 Å².